The van der Waals surface area contributed by atoms with E-state index in [4.69, 9.17) is 0 Å². The molecule has 0 radical (unpaired) electrons. The van der Waals surface area contributed by atoms with Crippen LogP contribution in [0, 0.1) is 0 Å². The van der Waals surface area contributed by atoms with Crippen LogP contribution in [-0.2, 0) is 9.53 Å². The topological polar surface area (TPSA) is 26.3 Å². The first-order valence-electron chi connectivity index (χ1n) is 4.53. The van der Waals surface area contributed by atoms with Crippen molar-refractivity contribution in [2.45, 2.75) is 39.5 Å². The van der Waals surface area contributed by atoms with Crippen LogP contribution in [0.3, 0.4) is 0 Å². The van der Waals surface area contributed by atoms with Gasteiger partial charge in [-0.3, -0.25) is 0 Å². The Bertz CT molecular complexity index is 159. The predicted octanol–water partition coefficient (Wildman–Crippen LogP) is 2.69. The Morgan fingerprint density at radius 1 is 1.33 bits per heavy atom. The Balaban J connectivity index is 4.11. The van der Waals surface area contributed by atoms with E-state index in [0.717, 1.165) is 31.3 Å². The van der Waals surface area contributed by atoms with Gasteiger partial charge in [0.1, 0.15) is 0 Å². The molecule has 2 heteroatoms. The highest BCUT2D eigenvalue weighted by atomic mass is 16.5. The molecule has 0 aromatic carbocycles. The molecule has 0 fully saturated rings. The summed E-state index contributed by atoms with van der Waals surface area (Å²) in [6.07, 6.45) is 5.83. The van der Waals surface area contributed by atoms with Gasteiger partial charge in [0.15, 0.2) is 0 Å². The molecule has 0 N–H and O–H groups in total. The first-order chi connectivity index (χ1) is 5.76. The third-order valence-corrected chi connectivity index (χ3v) is 1.65. The van der Waals surface area contributed by atoms with Crippen molar-refractivity contribution in [2.24, 2.45) is 0 Å². The molecule has 0 saturated carbocycles. The van der Waals surface area contributed by atoms with Crippen molar-refractivity contribution in [3.05, 3.63) is 11.6 Å². The zero-order valence-corrected chi connectivity index (χ0v) is 8.22. The summed E-state index contributed by atoms with van der Waals surface area (Å²) < 4.78 is 4.65. The molecule has 0 rings (SSSR count). The minimum absolute atomic E-state index is 0.176. The highest BCUT2D eigenvalue weighted by molar-refractivity contribution is 5.88. The lowest BCUT2D eigenvalue weighted by molar-refractivity contribution is -0.136. The van der Waals surface area contributed by atoms with E-state index in [2.05, 4.69) is 18.6 Å². The van der Waals surface area contributed by atoms with Crippen LogP contribution in [0.15, 0.2) is 11.6 Å². The van der Waals surface area contributed by atoms with Gasteiger partial charge in [0, 0.05) is 5.57 Å². The van der Waals surface area contributed by atoms with E-state index in [-0.39, 0.29) is 5.97 Å². The van der Waals surface area contributed by atoms with Gasteiger partial charge in [-0.25, -0.2) is 4.79 Å². The Labute approximate surface area is 74.6 Å². The first kappa shape index (κ1) is 11.2. The number of carbonyl (C=O) groups is 1. The predicted molar refractivity (Wildman–Crippen MR) is 49.9 cm³/mol. The standard InChI is InChI=1S/C10H18O2/c1-4-6-8-9(7-5-2)10(11)12-3/h8H,4-7H2,1-3H3. The van der Waals surface area contributed by atoms with Crippen LogP contribution in [0.5, 0.6) is 0 Å². The first-order valence-corrected chi connectivity index (χ1v) is 4.53. The van der Waals surface area contributed by atoms with Crippen molar-refractivity contribution >= 4 is 5.97 Å². The fourth-order valence-electron chi connectivity index (χ4n) is 1.01. The maximum absolute atomic E-state index is 11.1. The fraction of sp³-hybridized carbons (Fsp3) is 0.700. The Morgan fingerprint density at radius 2 is 2.00 bits per heavy atom. The molecule has 0 aromatic heterocycles. The molecule has 12 heavy (non-hydrogen) atoms. The normalized spacial score (nSPS) is 11.4. The van der Waals surface area contributed by atoms with Crippen LogP contribution in [0.25, 0.3) is 0 Å². The molecule has 0 unspecified atom stereocenters. The van der Waals surface area contributed by atoms with Crippen molar-refractivity contribution < 1.29 is 9.53 Å². The van der Waals surface area contributed by atoms with Gasteiger partial charge < -0.3 is 4.74 Å². The average Bonchev–Trinajstić information content (AvgIpc) is 2.11. The van der Waals surface area contributed by atoms with Gasteiger partial charge in [0.05, 0.1) is 7.11 Å². The van der Waals surface area contributed by atoms with E-state index in [1.165, 1.54) is 7.11 Å². The van der Waals surface area contributed by atoms with Crippen LogP contribution in [0.2, 0.25) is 0 Å². The van der Waals surface area contributed by atoms with Crippen LogP contribution in [-0.4, -0.2) is 13.1 Å². The minimum Gasteiger partial charge on any atom is -0.466 e. The third-order valence-electron chi connectivity index (χ3n) is 1.65. The monoisotopic (exact) mass is 170 g/mol. The third kappa shape index (κ3) is 4.16. The fourth-order valence-corrected chi connectivity index (χ4v) is 1.01. The van der Waals surface area contributed by atoms with E-state index >= 15 is 0 Å². The quantitative estimate of drug-likeness (QED) is 0.468. The zero-order valence-electron chi connectivity index (χ0n) is 8.22. The molecule has 0 amide bonds. The summed E-state index contributed by atoms with van der Waals surface area (Å²) in [6.45, 7) is 4.15. The van der Waals surface area contributed by atoms with Crippen LogP contribution in [0.1, 0.15) is 39.5 Å². The molecular weight excluding hydrogens is 152 g/mol. The van der Waals surface area contributed by atoms with Crippen molar-refractivity contribution in [1.29, 1.82) is 0 Å². The maximum Gasteiger partial charge on any atom is 0.333 e. The summed E-state index contributed by atoms with van der Waals surface area (Å²) in [5.74, 6) is -0.176. The lowest BCUT2D eigenvalue weighted by atomic mass is 10.1. The van der Waals surface area contributed by atoms with Gasteiger partial charge in [0.25, 0.3) is 0 Å². The molecule has 0 bridgehead atoms. The Kier molecular flexibility index (Phi) is 6.44. The van der Waals surface area contributed by atoms with Crippen LogP contribution in [0.4, 0.5) is 0 Å². The number of hydrogen-bond acceptors (Lipinski definition) is 2. The summed E-state index contributed by atoms with van der Waals surface area (Å²) in [7, 11) is 1.43. The highest BCUT2D eigenvalue weighted by Gasteiger charge is 2.06. The number of methoxy groups -OCH3 is 1. The molecule has 0 heterocycles. The Hall–Kier alpha value is -0.790. The molecule has 0 spiro atoms. The summed E-state index contributed by atoms with van der Waals surface area (Å²) in [5, 5.41) is 0. The SMILES string of the molecule is CCCC=C(CCC)C(=O)OC. The molecular formula is C10H18O2. The Morgan fingerprint density at radius 3 is 2.42 bits per heavy atom. The van der Waals surface area contributed by atoms with E-state index in [1.807, 2.05) is 6.08 Å². The summed E-state index contributed by atoms with van der Waals surface area (Å²) in [5.41, 5.74) is 0.821. The van der Waals surface area contributed by atoms with E-state index in [9.17, 15) is 4.79 Å². The molecule has 0 saturated heterocycles. The summed E-state index contributed by atoms with van der Waals surface area (Å²) >= 11 is 0. The van der Waals surface area contributed by atoms with Gasteiger partial charge >= 0.3 is 5.97 Å². The number of ether oxygens (including phenoxy) is 1. The van der Waals surface area contributed by atoms with Gasteiger partial charge in [-0.2, -0.15) is 0 Å². The molecule has 2 nitrogen and oxygen atoms in total. The average molecular weight is 170 g/mol. The van der Waals surface area contributed by atoms with Crippen molar-refractivity contribution in [3.63, 3.8) is 0 Å². The van der Waals surface area contributed by atoms with Crippen molar-refractivity contribution in [1.82, 2.24) is 0 Å². The van der Waals surface area contributed by atoms with E-state index < -0.39 is 0 Å². The molecule has 0 aliphatic heterocycles. The highest BCUT2D eigenvalue weighted by Crippen LogP contribution is 2.08. The molecule has 0 atom stereocenters. The molecule has 0 aliphatic carbocycles. The number of unbranched alkanes of at least 4 members (excludes halogenated alkanes) is 1. The number of hydrogen-bond donors (Lipinski definition) is 0. The molecule has 0 aromatic rings. The second-order valence-corrected chi connectivity index (χ2v) is 2.76. The second kappa shape index (κ2) is 6.89. The van der Waals surface area contributed by atoms with E-state index in [0.29, 0.717) is 0 Å². The number of carbonyl (C=O) groups excluding carboxylic acids is 1. The number of rotatable bonds is 5. The van der Waals surface area contributed by atoms with Crippen molar-refractivity contribution in [3.8, 4) is 0 Å². The smallest absolute Gasteiger partial charge is 0.333 e. The molecule has 0 aliphatic rings. The number of allylic oxidation sites excluding steroid dienone is 1. The second-order valence-electron chi connectivity index (χ2n) is 2.76. The minimum atomic E-state index is -0.176. The van der Waals surface area contributed by atoms with Gasteiger partial charge in [-0.15, -0.1) is 0 Å². The van der Waals surface area contributed by atoms with Crippen molar-refractivity contribution in [2.75, 3.05) is 7.11 Å². The lowest BCUT2D eigenvalue weighted by Gasteiger charge is -2.02. The van der Waals surface area contributed by atoms with Crippen LogP contribution >= 0.6 is 0 Å². The van der Waals surface area contributed by atoms with E-state index in [1.54, 1.807) is 0 Å². The van der Waals surface area contributed by atoms with Gasteiger partial charge in [0.2, 0.25) is 0 Å². The largest absolute Gasteiger partial charge is 0.466 e. The maximum atomic E-state index is 11.1. The van der Waals surface area contributed by atoms with Gasteiger partial charge in [-0.1, -0.05) is 32.8 Å². The lowest BCUT2D eigenvalue weighted by Crippen LogP contribution is -2.04. The zero-order chi connectivity index (χ0) is 9.40. The molecule has 70 valence electrons. The summed E-state index contributed by atoms with van der Waals surface area (Å²) in [6, 6.07) is 0. The summed E-state index contributed by atoms with van der Waals surface area (Å²) in [4.78, 5) is 11.1. The van der Waals surface area contributed by atoms with Crippen LogP contribution < -0.4 is 0 Å². The number of esters is 1. The van der Waals surface area contributed by atoms with Gasteiger partial charge in [-0.05, 0) is 12.8 Å².